The monoisotopic (exact) mass is 448 g/mol. The number of nitrogens with one attached hydrogen (secondary N) is 2. The van der Waals surface area contributed by atoms with Gasteiger partial charge in [-0.1, -0.05) is 29.8 Å². The molecule has 0 saturated carbocycles. The molecule has 0 spiro atoms. The lowest BCUT2D eigenvalue weighted by molar-refractivity contribution is -0.118. The number of carbonyl (C=O) groups excluding carboxylic acids is 1. The maximum atomic E-state index is 11.8. The molecule has 152 valence electrons. The predicted molar refractivity (Wildman–Crippen MR) is 118 cm³/mol. The summed E-state index contributed by atoms with van der Waals surface area (Å²) in [5.41, 5.74) is 2.82. The topological polar surface area (TPSA) is 59.6 Å². The number of amides is 1. The standard InChI is InChI=1S/C22H29BrN2O3/c1-6-27-20-11-16(19(23)12-21(20)28-15(4)5)13-24-17-7-9-18(10-8-17)25-22(26)14(2)3/h7-12,14-15,24H,6,13H2,1-5H3,(H,25,26). The van der Waals surface area contributed by atoms with Crippen molar-refractivity contribution >= 4 is 33.2 Å². The first-order valence-corrected chi connectivity index (χ1v) is 10.4. The molecule has 5 nitrogen and oxygen atoms in total. The van der Waals surface area contributed by atoms with Crippen LogP contribution in [0.15, 0.2) is 40.9 Å². The van der Waals surface area contributed by atoms with Gasteiger partial charge in [-0.3, -0.25) is 4.79 Å². The van der Waals surface area contributed by atoms with Crippen LogP contribution in [0.2, 0.25) is 0 Å². The Morgan fingerprint density at radius 1 is 1.04 bits per heavy atom. The number of ether oxygens (including phenoxy) is 2. The Hall–Kier alpha value is -2.21. The van der Waals surface area contributed by atoms with E-state index in [2.05, 4.69) is 26.6 Å². The van der Waals surface area contributed by atoms with E-state index in [9.17, 15) is 4.79 Å². The van der Waals surface area contributed by atoms with Crippen molar-refractivity contribution in [1.82, 2.24) is 0 Å². The fourth-order valence-electron chi connectivity index (χ4n) is 2.48. The van der Waals surface area contributed by atoms with E-state index in [1.54, 1.807) is 0 Å². The minimum atomic E-state index is -0.0441. The molecule has 0 radical (unpaired) electrons. The van der Waals surface area contributed by atoms with Crippen molar-refractivity contribution in [1.29, 1.82) is 0 Å². The summed E-state index contributed by atoms with van der Waals surface area (Å²) in [6, 6.07) is 11.6. The first-order valence-electron chi connectivity index (χ1n) is 9.56. The molecule has 0 fully saturated rings. The highest BCUT2D eigenvalue weighted by atomic mass is 79.9. The van der Waals surface area contributed by atoms with Crippen LogP contribution in [0.3, 0.4) is 0 Å². The Morgan fingerprint density at radius 2 is 1.68 bits per heavy atom. The minimum Gasteiger partial charge on any atom is -0.490 e. The second-order valence-electron chi connectivity index (χ2n) is 7.06. The number of halogens is 1. The second-order valence-corrected chi connectivity index (χ2v) is 7.92. The predicted octanol–water partition coefficient (Wildman–Crippen LogP) is 5.84. The molecule has 0 aliphatic rings. The van der Waals surface area contributed by atoms with Crippen LogP contribution in [-0.2, 0) is 11.3 Å². The van der Waals surface area contributed by atoms with Crippen molar-refractivity contribution in [2.75, 3.05) is 17.2 Å². The van der Waals surface area contributed by atoms with Gasteiger partial charge >= 0.3 is 0 Å². The lowest BCUT2D eigenvalue weighted by atomic mass is 10.2. The molecule has 0 aliphatic heterocycles. The van der Waals surface area contributed by atoms with Gasteiger partial charge in [0.05, 0.1) is 12.7 Å². The summed E-state index contributed by atoms with van der Waals surface area (Å²) in [5.74, 6) is 1.44. The number of hydrogen-bond acceptors (Lipinski definition) is 4. The fourth-order valence-corrected chi connectivity index (χ4v) is 2.94. The number of carbonyl (C=O) groups is 1. The average molecular weight is 449 g/mol. The molecule has 2 aromatic rings. The summed E-state index contributed by atoms with van der Waals surface area (Å²) in [5, 5.41) is 6.29. The summed E-state index contributed by atoms with van der Waals surface area (Å²) in [6.07, 6.45) is 0.0739. The Balaban J connectivity index is 2.07. The number of hydrogen-bond donors (Lipinski definition) is 2. The smallest absolute Gasteiger partial charge is 0.226 e. The first-order chi connectivity index (χ1) is 13.3. The summed E-state index contributed by atoms with van der Waals surface area (Å²) >= 11 is 3.63. The van der Waals surface area contributed by atoms with Crippen molar-refractivity contribution in [3.8, 4) is 11.5 Å². The molecule has 0 heterocycles. The van der Waals surface area contributed by atoms with Gasteiger partial charge in [0.2, 0.25) is 5.91 Å². The van der Waals surface area contributed by atoms with Gasteiger partial charge < -0.3 is 20.1 Å². The van der Waals surface area contributed by atoms with Gasteiger partial charge in [0.15, 0.2) is 11.5 Å². The molecule has 0 bridgehead atoms. The summed E-state index contributed by atoms with van der Waals surface area (Å²) in [7, 11) is 0. The maximum absolute atomic E-state index is 11.8. The highest BCUT2D eigenvalue weighted by molar-refractivity contribution is 9.10. The molecular formula is C22H29BrN2O3. The van der Waals surface area contributed by atoms with Gasteiger partial charge in [-0.05, 0) is 62.7 Å². The van der Waals surface area contributed by atoms with Crippen molar-refractivity contribution in [2.24, 2.45) is 5.92 Å². The van der Waals surface area contributed by atoms with Gasteiger partial charge in [-0.2, -0.15) is 0 Å². The number of anilines is 2. The fraction of sp³-hybridized carbons (Fsp3) is 0.409. The molecule has 28 heavy (non-hydrogen) atoms. The van der Waals surface area contributed by atoms with Crippen LogP contribution in [0.25, 0.3) is 0 Å². The van der Waals surface area contributed by atoms with E-state index in [0.29, 0.717) is 13.2 Å². The van der Waals surface area contributed by atoms with Crippen LogP contribution in [0.4, 0.5) is 11.4 Å². The summed E-state index contributed by atoms with van der Waals surface area (Å²) in [4.78, 5) is 11.8. The molecule has 6 heteroatoms. The van der Waals surface area contributed by atoms with Crippen molar-refractivity contribution in [3.63, 3.8) is 0 Å². The van der Waals surface area contributed by atoms with Gasteiger partial charge in [0.25, 0.3) is 0 Å². The highest BCUT2D eigenvalue weighted by Gasteiger charge is 2.12. The molecular weight excluding hydrogens is 420 g/mol. The second kappa shape index (κ2) is 10.4. The van der Waals surface area contributed by atoms with Crippen LogP contribution >= 0.6 is 15.9 Å². The Kier molecular flexibility index (Phi) is 8.18. The zero-order valence-electron chi connectivity index (χ0n) is 17.1. The lowest BCUT2D eigenvalue weighted by Crippen LogP contribution is -2.17. The van der Waals surface area contributed by atoms with Crippen LogP contribution in [0.1, 0.15) is 40.2 Å². The molecule has 2 N–H and O–H groups in total. The van der Waals surface area contributed by atoms with Gasteiger partial charge in [0, 0.05) is 28.3 Å². The normalized spacial score (nSPS) is 10.9. The molecule has 0 aromatic heterocycles. The zero-order valence-corrected chi connectivity index (χ0v) is 18.7. The number of benzene rings is 2. The van der Waals surface area contributed by atoms with E-state index in [-0.39, 0.29) is 17.9 Å². The van der Waals surface area contributed by atoms with E-state index in [0.717, 1.165) is 32.9 Å². The Morgan fingerprint density at radius 3 is 2.25 bits per heavy atom. The van der Waals surface area contributed by atoms with Crippen LogP contribution in [0, 0.1) is 5.92 Å². The van der Waals surface area contributed by atoms with Gasteiger partial charge in [-0.15, -0.1) is 0 Å². The molecule has 2 rings (SSSR count). The van der Waals surface area contributed by atoms with E-state index in [1.165, 1.54) is 0 Å². The van der Waals surface area contributed by atoms with Crippen molar-refractivity contribution < 1.29 is 14.3 Å². The van der Waals surface area contributed by atoms with Crippen LogP contribution in [0.5, 0.6) is 11.5 Å². The highest BCUT2D eigenvalue weighted by Crippen LogP contribution is 2.35. The van der Waals surface area contributed by atoms with E-state index in [4.69, 9.17) is 9.47 Å². The molecule has 0 unspecified atom stereocenters. The van der Waals surface area contributed by atoms with E-state index < -0.39 is 0 Å². The Bertz CT molecular complexity index is 789. The largest absolute Gasteiger partial charge is 0.490 e. The quantitative estimate of drug-likeness (QED) is 0.505. The summed E-state index contributed by atoms with van der Waals surface area (Å²) < 4.78 is 12.6. The molecule has 2 aromatic carbocycles. The third-order valence-corrected chi connectivity index (χ3v) is 4.67. The minimum absolute atomic E-state index is 0.0109. The maximum Gasteiger partial charge on any atom is 0.226 e. The average Bonchev–Trinajstić information content (AvgIpc) is 2.63. The van der Waals surface area contributed by atoms with Crippen molar-refractivity contribution in [2.45, 2.75) is 47.3 Å². The van der Waals surface area contributed by atoms with E-state index in [1.807, 2.05) is 71.0 Å². The molecule has 0 saturated heterocycles. The third kappa shape index (κ3) is 6.44. The molecule has 1 amide bonds. The van der Waals surface area contributed by atoms with Crippen LogP contribution < -0.4 is 20.1 Å². The summed E-state index contributed by atoms with van der Waals surface area (Å²) in [6.45, 7) is 10.9. The van der Waals surface area contributed by atoms with Crippen molar-refractivity contribution in [3.05, 3.63) is 46.4 Å². The van der Waals surface area contributed by atoms with E-state index >= 15 is 0 Å². The van der Waals surface area contributed by atoms with Gasteiger partial charge in [-0.25, -0.2) is 0 Å². The molecule has 0 atom stereocenters. The lowest BCUT2D eigenvalue weighted by Gasteiger charge is -2.17. The zero-order chi connectivity index (χ0) is 20.7. The van der Waals surface area contributed by atoms with Gasteiger partial charge in [0.1, 0.15) is 0 Å². The third-order valence-electron chi connectivity index (χ3n) is 3.94. The molecule has 0 aliphatic carbocycles. The SMILES string of the molecule is CCOc1cc(CNc2ccc(NC(=O)C(C)C)cc2)c(Br)cc1OC(C)C. The van der Waals surface area contributed by atoms with Crippen LogP contribution in [-0.4, -0.2) is 18.6 Å². The first kappa shape index (κ1) is 22.1. The number of rotatable bonds is 9. The Labute approximate surface area is 175 Å².